The minimum Gasteiger partial charge on any atom is -0.508 e. The monoisotopic (exact) mass is 428 g/mol. The van der Waals surface area contributed by atoms with Gasteiger partial charge in [0.2, 0.25) is 0 Å². The number of hydrogen-bond donors (Lipinski definition) is 2. The van der Waals surface area contributed by atoms with Gasteiger partial charge in [-0.15, -0.1) is 0 Å². The molecular formula is C24H24N6O2. The van der Waals surface area contributed by atoms with Crippen molar-refractivity contribution >= 4 is 27.6 Å². The third kappa shape index (κ3) is 3.10. The molecule has 162 valence electrons. The summed E-state index contributed by atoms with van der Waals surface area (Å²) in [5.41, 5.74) is 2.41. The maximum atomic E-state index is 10.3. The highest BCUT2D eigenvalue weighted by Gasteiger charge is 2.33. The molecule has 2 fully saturated rings. The van der Waals surface area contributed by atoms with Crippen LogP contribution in [-0.2, 0) is 0 Å². The van der Waals surface area contributed by atoms with Crippen LogP contribution in [0.3, 0.4) is 0 Å². The van der Waals surface area contributed by atoms with Gasteiger partial charge in [0, 0.05) is 36.9 Å². The van der Waals surface area contributed by atoms with E-state index in [0.717, 1.165) is 46.2 Å². The molecule has 8 heteroatoms. The molecule has 0 saturated carbocycles. The van der Waals surface area contributed by atoms with Gasteiger partial charge in [-0.25, -0.2) is 9.97 Å². The molecule has 32 heavy (non-hydrogen) atoms. The fourth-order valence-corrected chi connectivity index (χ4v) is 5.09. The molecule has 2 unspecified atom stereocenters. The maximum Gasteiger partial charge on any atom is 0.320 e. The predicted octanol–water partition coefficient (Wildman–Crippen LogP) is 3.20. The molecule has 0 amide bonds. The molecule has 0 spiro atoms. The summed E-state index contributed by atoms with van der Waals surface area (Å²) in [6.45, 7) is 3.83. The number of aromatic hydroxyl groups is 1. The van der Waals surface area contributed by atoms with E-state index in [1.807, 2.05) is 25.1 Å². The number of nitrogens with one attached hydrogen (secondary N) is 1. The minimum atomic E-state index is 0.180. The third-order valence-corrected chi connectivity index (χ3v) is 6.52. The second kappa shape index (κ2) is 7.27. The number of aromatic nitrogens is 4. The number of phenols is 1. The van der Waals surface area contributed by atoms with Crippen LogP contribution in [0.4, 0.5) is 5.82 Å². The number of ether oxygens (including phenoxy) is 1. The summed E-state index contributed by atoms with van der Waals surface area (Å²) >= 11 is 0. The van der Waals surface area contributed by atoms with E-state index >= 15 is 0 Å². The fraction of sp³-hybridized carbons (Fsp3) is 0.333. The quantitative estimate of drug-likeness (QED) is 0.514. The summed E-state index contributed by atoms with van der Waals surface area (Å²) in [6, 6.07) is 10.7. The van der Waals surface area contributed by atoms with Gasteiger partial charge in [0.1, 0.15) is 11.6 Å². The summed E-state index contributed by atoms with van der Waals surface area (Å²) in [5.74, 6) is 1.51. The highest BCUT2D eigenvalue weighted by Crippen LogP contribution is 2.35. The predicted molar refractivity (Wildman–Crippen MR) is 123 cm³/mol. The first-order valence-corrected chi connectivity index (χ1v) is 10.9. The van der Waals surface area contributed by atoms with Gasteiger partial charge in [0.15, 0.2) is 11.5 Å². The average molecular weight is 428 g/mol. The molecule has 2 aliphatic rings. The Labute approximate surface area is 185 Å². The van der Waals surface area contributed by atoms with Crippen LogP contribution in [-0.4, -0.2) is 57.3 Å². The van der Waals surface area contributed by atoms with Crippen molar-refractivity contribution < 1.29 is 9.84 Å². The van der Waals surface area contributed by atoms with Crippen LogP contribution in [0.2, 0.25) is 0 Å². The zero-order valence-electron chi connectivity index (χ0n) is 18.0. The largest absolute Gasteiger partial charge is 0.508 e. The van der Waals surface area contributed by atoms with Crippen molar-refractivity contribution in [1.82, 2.24) is 25.3 Å². The van der Waals surface area contributed by atoms with Crippen molar-refractivity contribution in [2.75, 3.05) is 25.1 Å². The van der Waals surface area contributed by atoms with Gasteiger partial charge in [-0.2, -0.15) is 9.97 Å². The van der Waals surface area contributed by atoms with Gasteiger partial charge in [-0.3, -0.25) is 0 Å². The highest BCUT2D eigenvalue weighted by atomic mass is 16.5. The van der Waals surface area contributed by atoms with Crippen LogP contribution < -0.4 is 15.0 Å². The van der Waals surface area contributed by atoms with Crippen molar-refractivity contribution in [3.8, 4) is 23.1 Å². The van der Waals surface area contributed by atoms with E-state index in [0.29, 0.717) is 29.6 Å². The Bertz CT molecular complexity index is 1350. The summed E-state index contributed by atoms with van der Waals surface area (Å²) in [4.78, 5) is 21.0. The highest BCUT2D eigenvalue weighted by molar-refractivity contribution is 5.99. The number of aryl methyl sites for hydroxylation is 1. The third-order valence-electron chi connectivity index (χ3n) is 6.52. The fourth-order valence-electron chi connectivity index (χ4n) is 5.09. The lowest BCUT2D eigenvalue weighted by molar-refractivity contribution is 0.380. The van der Waals surface area contributed by atoms with Crippen molar-refractivity contribution in [2.45, 2.75) is 31.8 Å². The van der Waals surface area contributed by atoms with E-state index in [9.17, 15) is 5.11 Å². The summed E-state index contributed by atoms with van der Waals surface area (Å²) in [5, 5.41) is 16.7. The molecule has 8 nitrogen and oxygen atoms in total. The first kappa shape index (κ1) is 19.2. The number of piperazine rings is 1. The van der Waals surface area contributed by atoms with Crippen LogP contribution in [0.15, 0.2) is 36.5 Å². The standard InChI is InChI=1S/C24H24N6O2/c1-13-4-3-5-14-8-17(31)9-18(20(13)14)21-25-10-19-22(27-21)28-24(32-2)29-23(19)30-11-15-6-7-16(12-30)26-15/h3-5,8-10,15-16,26,31H,6-7,11-12H2,1-2H3. The first-order valence-electron chi connectivity index (χ1n) is 10.9. The number of hydrogen-bond acceptors (Lipinski definition) is 8. The number of benzene rings is 2. The van der Waals surface area contributed by atoms with Crippen molar-refractivity contribution in [1.29, 1.82) is 0 Å². The second-order valence-electron chi connectivity index (χ2n) is 8.67. The Morgan fingerprint density at radius 3 is 2.69 bits per heavy atom. The van der Waals surface area contributed by atoms with Crippen LogP contribution >= 0.6 is 0 Å². The Hall–Kier alpha value is -3.52. The lowest BCUT2D eigenvalue weighted by Gasteiger charge is -2.34. The molecule has 2 atom stereocenters. The van der Waals surface area contributed by atoms with E-state index in [2.05, 4.69) is 25.2 Å². The number of rotatable bonds is 3. The lowest BCUT2D eigenvalue weighted by atomic mass is 9.99. The molecule has 2 aromatic carbocycles. The van der Waals surface area contributed by atoms with Gasteiger partial charge < -0.3 is 20.1 Å². The first-order chi connectivity index (χ1) is 15.6. The van der Waals surface area contributed by atoms with Crippen LogP contribution in [0.1, 0.15) is 18.4 Å². The number of nitrogens with zero attached hydrogens (tertiary/aromatic N) is 5. The SMILES string of the molecule is COc1nc(N2CC3CCC(C2)N3)c2cnc(-c3cc(O)cc4cccc(C)c34)nc2n1. The molecule has 2 bridgehead atoms. The molecule has 4 aromatic rings. The number of fused-ring (bicyclic) bond motifs is 4. The summed E-state index contributed by atoms with van der Waals surface area (Å²) in [7, 11) is 1.57. The van der Waals surface area contributed by atoms with Crippen molar-refractivity contribution in [2.24, 2.45) is 0 Å². The molecular weight excluding hydrogens is 404 g/mol. The molecule has 2 aliphatic heterocycles. The number of methoxy groups -OCH3 is 1. The van der Waals surface area contributed by atoms with Crippen molar-refractivity contribution in [3.63, 3.8) is 0 Å². The van der Waals surface area contributed by atoms with Gasteiger partial charge in [0.05, 0.1) is 12.5 Å². The number of phenolic OH excluding ortho intramolecular Hbond substituents is 1. The van der Waals surface area contributed by atoms with E-state index in [-0.39, 0.29) is 5.75 Å². The van der Waals surface area contributed by atoms with Crippen LogP contribution in [0.25, 0.3) is 33.2 Å². The maximum absolute atomic E-state index is 10.3. The topological polar surface area (TPSA) is 96.3 Å². The molecule has 2 N–H and O–H groups in total. The van der Waals surface area contributed by atoms with Gasteiger partial charge in [0.25, 0.3) is 0 Å². The molecule has 6 rings (SSSR count). The van der Waals surface area contributed by atoms with Crippen LogP contribution in [0, 0.1) is 6.92 Å². The second-order valence-corrected chi connectivity index (χ2v) is 8.67. The average Bonchev–Trinajstić information content (AvgIpc) is 3.14. The lowest BCUT2D eigenvalue weighted by Crippen LogP contribution is -2.51. The van der Waals surface area contributed by atoms with E-state index in [4.69, 9.17) is 9.72 Å². The smallest absolute Gasteiger partial charge is 0.320 e. The molecule has 0 radical (unpaired) electrons. The molecule has 2 saturated heterocycles. The zero-order chi connectivity index (χ0) is 21.8. The Balaban J connectivity index is 1.52. The summed E-state index contributed by atoms with van der Waals surface area (Å²) < 4.78 is 5.41. The Kier molecular flexibility index (Phi) is 4.36. The molecule has 0 aliphatic carbocycles. The Morgan fingerprint density at radius 2 is 1.91 bits per heavy atom. The van der Waals surface area contributed by atoms with Gasteiger partial charge in [-0.1, -0.05) is 18.2 Å². The Morgan fingerprint density at radius 1 is 1.09 bits per heavy atom. The molecule has 4 heterocycles. The van der Waals surface area contributed by atoms with Gasteiger partial charge >= 0.3 is 6.01 Å². The minimum absolute atomic E-state index is 0.180. The van der Waals surface area contributed by atoms with E-state index in [1.54, 1.807) is 25.4 Å². The van der Waals surface area contributed by atoms with E-state index in [1.165, 1.54) is 12.8 Å². The number of anilines is 1. The van der Waals surface area contributed by atoms with Crippen molar-refractivity contribution in [3.05, 3.63) is 42.1 Å². The summed E-state index contributed by atoms with van der Waals surface area (Å²) in [6.07, 6.45) is 4.17. The van der Waals surface area contributed by atoms with E-state index < -0.39 is 0 Å². The van der Waals surface area contributed by atoms with Crippen LogP contribution in [0.5, 0.6) is 11.8 Å². The molecule has 2 aromatic heterocycles. The normalized spacial score (nSPS) is 20.2. The zero-order valence-corrected chi connectivity index (χ0v) is 18.0. The van der Waals surface area contributed by atoms with Gasteiger partial charge in [-0.05, 0) is 48.2 Å².